The Kier molecular flexibility index (Phi) is 4.16. The number of hydrogen-bond donors (Lipinski definition) is 2. The van der Waals surface area contributed by atoms with Gasteiger partial charge in [0.1, 0.15) is 0 Å². The average Bonchev–Trinajstić information content (AvgIpc) is 2.31. The van der Waals surface area contributed by atoms with Crippen molar-refractivity contribution in [1.29, 1.82) is 0 Å². The molecule has 4 nitrogen and oxygen atoms in total. The topological polar surface area (TPSA) is 50.7 Å². The number of ether oxygens (including phenoxy) is 2. The molecule has 106 valence electrons. The van der Waals surface area contributed by atoms with Crippen molar-refractivity contribution >= 4 is 5.69 Å². The minimum atomic E-state index is -3.06. The molecule has 2 N–H and O–H groups in total. The number of halogens is 3. The summed E-state index contributed by atoms with van der Waals surface area (Å²) in [5, 5.41) is 12.2. The lowest BCUT2D eigenvalue weighted by Gasteiger charge is -2.40. The fourth-order valence-corrected chi connectivity index (χ4v) is 1.73. The first-order valence-corrected chi connectivity index (χ1v) is 5.71. The Labute approximate surface area is 108 Å². The molecule has 1 fully saturated rings. The van der Waals surface area contributed by atoms with Crippen LogP contribution in [0.15, 0.2) is 18.2 Å². The van der Waals surface area contributed by atoms with Crippen LogP contribution in [0, 0.1) is 11.2 Å². The second-order valence-corrected chi connectivity index (χ2v) is 4.53. The molecule has 0 atom stereocenters. The van der Waals surface area contributed by atoms with E-state index >= 15 is 0 Å². The Morgan fingerprint density at radius 2 is 2.16 bits per heavy atom. The Balaban J connectivity index is 1.96. The first kappa shape index (κ1) is 14.0. The summed E-state index contributed by atoms with van der Waals surface area (Å²) in [4.78, 5) is 0. The Morgan fingerprint density at radius 1 is 1.42 bits per heavy atom. The third-order valence-corrected chi connectivity index (χ3v) is 2.97. The van der Waals surface area contributed by atoms with Crippen LogP contribution in [-0.2, 0) is 4.74 Å². The van der Waals surface area contributed by atoms with E-state index in [-0.39, 0.29) is 12.0 Å². The zero-order valence-corrected chi connectivity index (χ0v) is 10.0. The average molecular weight is 277 g/mol. The zero-order valence-electron chi connectivity index (χ0n) is 10.0. The van der Waals surface area contributed by atoms with Gasteiger partial charge in [0.25, 0.3) is 0 Å². The van der Waals surface area contributed by atoms with Crippen LogP contribution < -0.4 is 10.1 Å². The van der Waals surface area contributed by atoms with Crippen molar-refractivity contribution in [2.24, 2.45) is 5.41 Å². The molecule has 1 aromatic carbocycles. The van der Waals surface area contributed by atoms with Crippen LogP contribution in [0.3, 0.4) is 0 Å². The van der Waals surface area contributed by atoms with E-state index in [1.807, 2.05) is 0 Å². The summed E-state index contributed by atoms with van der Waals surface area (Å²) < 4.78 is 46.4. The minimum Gasteiger partial charge on any atom is -0.432 e. The molecule has 0 aromatic heterocycles. The van der Waals surface area contributed by atoms with Crippen molar-refractivity contribution in [3.05, 3.63) is 24.0 Å². The van der Waals surface area contributed by atoms with Gasteiger partial charge in [0, 0.05) is 18.3 Å². The summed E-state index contributed by atoms with van der Waals surface area (Å²) in [5.41, 5.74) is 0.0769. The largest absolute Gasteiger partial charge is 0.432 e. The van der Waals surface area contributed by atoms with Gasteiger partial charge in [-0.3, -0.25) is 0 Å². The number of hydrogen-bond acceptors (Lipinski definition) is 4. The fraction of sp³-hybridized carbons (Fsp3) is 0.500. The summed E-state index contributed by atoms with van der Waals surface area (Å²) in [7, 11) is 0. The molecule has 1 saturated heterocycles. The predicted octanol–water partition coefficient (Wildman–Crippen LogP) is 1.85. The number of alkyl halides is 2. The van der Waals surface area contributed by atoms with E-state index in [9.17, 15) is 18.3 Å². The molecule has 0 aliphatic carbocycles. The van der Waals surface area contributed by atoms with Gasteiger partial charge in [-0.05, 0) is 12.1 Å². The number of nitrogens with one attached hydrogen (secondary N) is 1. The van der Waals surface area contributed by atoms with Crippen LogP contribution in [-0.4, -0.2) is 38.1 Å². The molecule has 0 saturated carbocycles. The molecule has 1 heterocycles. The molecule has 2 rings (SSSR count). The summed E-state index contributed by atoms with van der Waals surface area (Å²) in [6.07, 6.45) is 0. The van der Waals surface area contributed by atoms with Gasteiger partial charge < -0.3 is 19.9 Å². The quantitative estimate of drug-likeness (QED) is 0.833. The van der Waals surface area contributed by atoms with Crippen molar-refractivity contribution in [3.63, 3.8) is 0 Å². The SMILES string of the molecule is OCC1(CNc2ccc(OC(F)F)c(F)c2)COC1. The fourth-order valence-electron chi connectivity index (χ4n) is 1.73. The Bertz CT molecular complexity index is 433. The second-order valence-electron chi connectivity index (χ2n) is 4.53. The third kappa shape index (κ3) is 3.30. The van der Waals surface area contributed by atoms with E-state index in [4.69, 9.17) is 4.74 Å². The normalized spacial score (nSPS) is 17.1. The zero-order chi connectivity index (χ0) is 13.9. The summed E-state index contributed by atoms with van der Waals surface area (Å²) in [6, 6.07) is 3.64. The lowest BCUT2D eigenvalue weighted by Crippen LogP contribution is -2.50. The molecule has 0 bridgehead atoms. The number of rotatable bonds is 6. The van der Waals surface area contributed by atoms with Crippen LogP contribution in [0.1, 0.15) is 0 Å². The molecule has 0 radical (unpaired) electrons. The van der Waals surface area contributed by atoms with Gasteiger partial charge in [0.05, 0.1) is 25.2 Å². The van der Waals surface area contributed by atoms with Gasteiger partial charge in [-0.1, -0.05) is 0 Å². The highest BCUT2D eigenvalue weighted by Crippen LogP contribution is 2.28. The number of aliphatic hydroxyl groups excluding tert-OH is 1. The molecular weight excluding hydrogens is 263 g/mol. The first-order chi connectivity index (χ1) is 9.04. The molecule has 19 heavy (non-hydrogen) atoms. The summed E-state index contributed by atoms with van der Waals surface area (Å²) in [6.45, 7) is -1.80. The smallest absolute Gasteiger partial charge is 0.387 e. The first-order valence-electron chi connectivity index (χ1n) is 5.71. The molecule has 1 aliphatic heterocycles. The molecule has 7 heteroatoms. The van der Waals surface area contributed by atoms with E-state index in [1.165, 1.54) is 6.07 Å². The lowest BCUT2D eigenvalue weighted by atomic mass is 9.87. The monoisotopic (exact) mass is 277 g/mol. The Morgan fingerprint density at radius 3 is 2.63 bits per heavy atom. The highest BCUT2D eigenvalue weighted by atomic mass is 19.3. The van der Waals surface area contributed by atoms with Gasteiger partial charge in [-0.2, -0.15) is 8.78 Å². The number of anilines is 1. The van der Waals surface area contributed by atoms with Crippen LogP contribution >= 0.6 is 0 Å². The van der Waals surface area contributed by atoms with E-state index in [0.29, 0.717) is 25.4 Å². The van der Waals surface area contributed by atoms with Gasteiger partial charge in [0.15, 0.2) is 11.6 Å². The van der Waals surface area contributed by atoms with E-state index < -0.39 is 18.2 Å². The summed E-state index contributed by atoms with van der Waals surface area (Å²) >= 11 is 0. The van der Waals surface area contributed by atoms with Crippen LogP contribution in [0.5, 0.6) is 5.75 Å². The minimum absolute atomic E-state index is 0.0327. The van der Waals surface area contributed by atoms with E-state index in [1.54, 1.807) is 0 Å². The van der Waals surface area contributed by atoms with E-state index in [0.717, 1.165) is 12.1 Å². The van der Waals surface area contributed by atoms with Crippen LogP contribution in [0.25, 0.3) is 0 Å². The second kappa shape index (κ2) is 5.66. The highest BCUT2D eigenvalue weighted by molar-refractivity contribution is 5.47. The van der Waals surface area contributed by atoms with Crippen molar-refractivity contribution < 1.29 is 27.8 Å². The molecule has 0 amide bonds. The van der Waals surface area contributed by atoms with Gasteiger partial charge in [-0.25, -0.2) is 4.39 Å². The highest BCUT2D eigenvalue weighted by Gasteiger charge is 2.37. The number of benzene rings is 1. The maximum Gasteiger partial charge on any atom is 0.387 e. The summed E-state index contributed by atoms with van der Waals surface area (Å²) in [5.74, 6) is -1.36. The van der Waals surface area contributed by atoms with Gasteiger partial charge >= 0.3 is 6.61 Å². The lowest BCUT2D eigenvalue weighted by molar-refractivity contribution is -0.128. The standard InChI is InChI=1S/C12H14F3NO3/c13-9-3-8(1-2-10(9)19-11(14)15)16-4-12(5-17)6-18-7-12/h1-3,11,16-17H,4-7H2. The maximum absolute atomic E-state index is 13.4. The number of aliphatic hydroxyl groups is 1. The maximum atomic E-state index is 13.4. The molecule has 0 spiro atoms. The molecular formula is C12H14F3NO3. The van der Waals surface area contributed by atoms with E-state index in [2.05, 4.69) is 10.1 Å². The van der Waals surface area contributed by atoms with Crippen LogP contribution in [0.4, 0.5) is 18.9 Å². The van der Waals surface area contributed by atoms with Crippen LogP contribution in [0.2, 0.25) is 0 Å². The van der Waals surface area contributed by atoms with Gasteiger partial charge in [0.2, 0.25) is 0 Å². The molecule has 0 unspecified atom stereocenters. The van der Waals surface area contributed by atoms with Crippen molar-refractivity contribution in [2.45, 2.75) is 6.61 Å². The van der Waals surface area contributed by atoms with Crippen molar-refractivity contribution in [3.8, 4) is 5.75 Å². The molecule has 1 aliphatic rings. The van der Waals surface area contributed by atoms with Gasteiger partial charge in [-0.15, -0.1) is 0 Å². The Hall–Kier alpha value is -1.47. The third-order valence-electron chi connectivity index (χ3n) is 2.97. The van der Waals surface area contributed by atoms with Crippen molar-refractivity contribution in [1.82, 2.24) is 0 Å². The molecule has 1 aromatic rings. The predicted molar refractivity (Wildman–Crippen MR) is 61.9 cm³/mol. The van der Waals surface area contributed by atoms with Crippen molar-refractivity contribution in [2.75, 3.05) is 31.7 Å².